The second-order valence-electron chi connectivity index (χ2n) is 3.54. The van der Waals surface area contributed by atoms with E-state index in [2.05, 4.69) is 5.32 Å². The largest absolute Gasteiger partial charge is 0.454 e. The number of amides is 1. The van der Waals surface area contributed by atoms with Crippen LogP contribution in [0, 0.1) is 0 Å². The van der Waals surface area contributed by atoms with E-state index in [0.29, 0.717) is 12.1 Å². The number of anilines is 1. The molecule has 3 aromatic rings. The van der Waals surface area contributed by atoms with Crippen LogP contribution < -0.4 is 5.32 Å². The van der Waals surface area contributed by atoms with Crippen molar-refractivity contribution in [2.24, 2.45) is 0 Å². The third-order valence-corrected chi connectivity index (χ3v) is 2.62. The maximum atomic E-state index is 10.5. The van der Waals surface area contributed by atoms with Gasteiger partial charge in [-0.25, -0.2) is 0 Å². The summed E-state index contributed by atoms with van der Waals surface area (Å²) in [6.45, 7) is 0. The summed E-state index contributed by atoms with van der Waals surface area (Å²) in [5.74, 6) is 0. The number of carbonyl (C=O) groups excluding carboxylic acids is 1. The minimum atomic E-state index is 0.655. The van der Waals surface area contributed by atoms with Crippen LogP contribution >= 0.6 is 0 Å². The number of benzene rings is 2. The Labute approximate surface area is 91.7 Å². The van der Waals surface area contributed by atoms with Crippen molar-refractivity contribution >= 4 is 34.0 Å². The first-order valence-corrected chi connectivity index (χ1v) is 5.00. The van der Waals surface area contributed by atoms with Crippen molar-refractivity contribution in [3.05, 3.63) is 42.5 Å². The highest BCUT2D eigenvalue weighted by Crippen LogP contribution is 2.32. The van der Waals surface area contributed by atoms with Crippen LogP contribution in [-0.2, 0) is 4.79 Å². The van der Waals surface area contributed by atoms with Gasteiger partial charge < -0.3 is 9.73 Å². The predicted octanol–water partition coefficient (Wildman–Crippen LogP) is 3.15. The minimum absolute atomic E-state index is 0.655. The van der Waals surface area contributed by atoms with Gasteiger partial charge in [0.2, 0.25) is 6.41 Å². The van der Waals surface area contributed by atoms with E-state index in [1.54, 1.807) is 0 Å². The maximum absolute atomic E-state index is 10.5. The zero-order valence-corrected chi connectivity index (χ0v) is 8.44. The second-order valence-corrected chi connectivity index (χ2v) is 3.54. The molecule has 1 heterocycles. The van der Waals surface area contributed by atoms with Crippen molar-refractivity contribution in [2.75, 3.05) is 5.32 Å². The smallest absolute Gasteiger partial charge is 0.211 e. The number of hydrogen-bond acceptors (Lipinski definition) is 2. The lowest BCUT2D eigenvalue weighted by Gasteiger charge is -1.97. The van der Waals surface area contributed by atoms with E-state index in [1.807, 2.05) is 42.5 Å². The van der Waals surface area contributed by atoms with Crippen molar-refractivity contribution < 1.29 is 9.21 Å². The molecule has 0 fully saturated rings. The summed E-state index contributed by atoms with van der Waals surface area (Å²) in [5, 5.41) is 4.72. The predicted molar refractivity (Wildman–Crippen MR) is 63.4 cm³/mol. The van der Waals surface area contributed by atoms with Crippen molar-refractivity contribution in [3.8, 4) is 0 Å². The summed E-state index contributed by atoms with van der Waals surface area (Å²) in [7, 11) is 0. The lowest BCUT2D eigenvalue weighted by Crippen LogP contribution is -1.92. The van der Waals surface area contributed by atoms with E-state index in [4.69, 9.17) is 4.42 Å². The standard InChI is InChI=1S/C13H9NO2/c15-8-14-11-6-3-5-10-9-4-1-2-7-12(9)16-13(10)11/h1-8H,(H,14,15). The molecule has 3 nitrogen and oxygen atoms in total. The topological polar surface area (TPSA) is 42.2 Å². The summed E-state index contributed by atoms with van der Waals surface area (Å²) >= 11 is 0. The summed E-state index contributed by atoms with van der Waals surface area (Å²) < 4.78 is 5.71. The fourth-order valence-corrected chi connectivity index (χ4v) is 1.92. The van der Waals surface area contributed by atoms with Crippen molar-refractivity contribution in [3.63, 3.8) is 0 Å². The molecular formula is C13H9NO2. The van der Waals surface area contributed by atoms with Crippen LogP contribution in [0.25, 0.3) is 21.9 Å². The molecule has 3 heteroatoms. The van der Waals surface area contributed by atoms with Gasteiger partial charge in [-0.1, -0.05) is 30.3 Å². The Hall–Kier alpha value is -2.29. The van der Waals surface area contributed by atoms with Crippen LogP contribution in [0.2, 0.25) is 0 Å². The molecule has 3 rings (SSSR count). The lowest BCUT2D eigenvalue weighted by molar-refractivity contribution is -0.105. The number of carbonyl (C=O) groups is 1. The molecule has 0 radical (unpaired) electrons. The highest BCUT2D eigenvalue weighted by Gasteiger charge is 2.08. The van der Waals surface area contributed by atoms with E-state index in [0.717, 1.165) is 21.9 Å². The van der Waals surface area contributed by atoms with E-state index < -0.39 is 0 Å². The Kier molecular flexibility index (Phi) is 1.90. The Morgan fingerprint density at radius 2 is 1.81 bits per heavy atom. The summed E-state index contributed by atoms with van der Waals surface area (Å²) in [6.07, 6.45) is 0.655. The van der Waals surface area contributed by atoms with Crippen molar-refractivity contribution in [1.29, 1.82) is 0 Å². The van der Waals surface area contributed by atoms with Gasteiger partial charge in [0.1, 0.15) is 5.58 Å². The molecule has 0 bridgehead atoms. The first kappa shape index (κ1) is 8.97. The normalized spacial score (nSPS) is 10.8. The number of hydrogen-bond donors (Lipinski definition) is 1. The van der Waals surface area contributed by atoms with Gasteiger partial charge in [-0.15, -0.1) is 0 Å². The Morgan fingerprint density at radius 3 is 2.69 bits per heavy atom. The lowest BCUT2D eigenvalue weighted by atomic mass is 10.1. The molecule has 16 heavy (non-hydrogen) atoms. The molecule has 0 aliphatic heterocycles. The fourth-order valence-electron chi connectivity index (χ4n) is 1.92. The molecule has 0 unspecified atom stereocenters. The van der Waals surface area contributed by atoms with Crippen LogP contribution in [0.1, 0.15) is 0 Å². The number of furan rings is 1. The number of para-hydroxylation sites is 2. The number of rotatable bonds is 2. The van der Waals surface area contributed by atoms with Crippen molar-refractivity contribution in [1.82, 2.24) is 0 Å². The van der Waals surface area contributed by atoms with Crippen LogP contribution in [0.3, 0.4) is 0 Å². The maximum Gasteiger partial charge on any atom is 0.211 e. The second kappa shape index (κ2) is 3.38. The Bertz CT molecular complexity index is 670. The van der Waals surface area contributed by atoms with Gasteiger partial charge in [-0.2, -0.15) is 0 Å². The summed E-state index contributed by atoms with van der Waals surface area (Å²) in [6, 6.07) is 13.5. The summed E-state index contributed by atoms with van der Waals surface area (Å²) in [4.78, 5) is 10.5. The van der Waals surface area contributed by atoms with Crippen LogP contribution in [0.4, 0.5) is 5.69 Å². The third kappa shape index (κ3) is 1.18. The molecule has 1 amide bonds. The molecule has 0 aliphatic carbocycles. The SMILES string of the molecule is O=CNc1cccc2c1oc1ccccc12. The molecule has 2 aromatic carbocycles. The van der Waals surface area contributed by atoms with E-state index >= 15 is 0 Å². The molecule has 78 valence electrons. The van der Waals surface area contributed by atoms with Gasteiger partial charge >= 0.3 is 0 Å². The first-order valence-electron chi connectivity index (χ1n) is 5.00. The Balaban J connectivity index is 2.43. The minimum Gasteiger partial charge on any atom is -0.454 e. The molecule has 0 saturated heterocycles. The zero-order chi connectivity index (χ0) is 11.0. The van der Waals surface area contributed by atoms with Gasteiger partial charge in [0, 0.05) is 10.8 Å². The van der Waals surface area contributed by atoms with Gasteiger partial charge in [-0.3, -0.25) is 4.79 Å². The van der Waals surface area contributed by atoms with Gasteiger partial charge in [-0.05, 0) is 12.1 Å². The number of nitrogens with one attached hydrogen (secondary N) is 1. The average Bonchev–Trinajstić information content (AvgIpc) is 2.69. The molecule has 1 N–H and O–H groups in total. The molecule has 0 saturated carbocycles. The van der Waals surface area contributed by atoms with E-state index in [-0.39, 0.29) is 0 Å². The zero-order valence-electron chi connectivity index (χ0n) is 8.44. The van der Waals surface area contributed by atoms with Gasteiger partial charge in [0.25, 0.3) is 0 Å². The van der Waals surface area contributed by atoms with Gasteiger partial charge in [0.15, 0.2) is 5.58 Å². The molecule has 0 aliphatic rings. The third-order valence-electron chi connectivity index (χ3n) is 2.62. The molecule has 0 atom stereocenters. The molecular weight excluding hydrogens is 202 g/mol. The van der Waals surface area contributed by atoms with E-state index in [9.17, 15) is 4.79 Å². The van der Waals surface area contributed by atoms with Crippen molar-refractivity contribution in [2.45, 2.75) is 0 Å². The van der Waals surface area contributed by atoms with E-state index in [1.165, 1.54) is 0 Å². The Morgan fingerprint density at radius 1 is 1.00 bits per heavy atom. The molecule has 1 aromatic heterocycles. The monoisotopic (exact) mass is 211 g/mol. The average molecular weight is 211 g/mol. The fraction of sp³-hybridized carbons (Fsp3) is 0. The van der Waals surface area contributed by atoms with Crippen LogP contribution in [0.5, 0.6) is 0 Å². The summed E-state index contributed by atoms with van der Waals surface area (Å²) in [5.41, 5.74) is 2.25. The molecule has 0 spiro atoms. The highest BCUT2D eigenvalue weighted by molar-refractivity contribution is 6.09. The first-order chi connectivity index (χ1) is 7.90. The van der Waals surface area contributed by atoms with Crippen LogP contribution in [-0.4, -0.2) is 6.41 Å². The highest BCUT2D eigenvalue weighted by atomic mass is 16.3. The van der Waals surface area contributed by atoms with Crippen LogP contribution in [0.15, 0.2) is 46.9 Å². The number of fused-ring (bicyclic) bond motifs is 3. The quantitative estimate of drug-likeness (QED) is 0.661. The van der Waals surface area contributed by atoms with Gasteiger partial charge in [0.05, 0.1) is 5.69 Å².